The Morgan fingerprint density at radius 1 is 1.07 bits per heavy atom. The third kappa shape index (κ3) is 6.78. The summed E-state index contributed by atoms with van der Waals surface area (Å²) in [6.45, 7) is 4.38. The molecule has 7 heteroatoms. The Morgan fingerprint density at radius 3 is 2.37 bits per heavy atom. The van der Waals surface area contributed by atoms with Crippen molar-refractivity contribution in [2.24, 2.45) is 5.41 Å². The molecule has 0 unspecified atom stereocenters. The molecule has 1 aromatic carbocycles. The lowest BCUT2D eigenvalue weighted by Gasteiger charge is -2.32. The maximum atomic E-state index is 12.8. The number of hydrogen-bond donors (Lipinski definition) is 1. The number of carbonyl (C=O) groups is 1. The fourth-order valence-corrected chi connectivity index (χ4v) is 3.64. The zero-order chi connectivity index (χ0) is 21.6. The van der Waals surface area contributed by atoms with E-state index in [1.807, 2.05) is 32.0 Å². The van der Waals surface area contributed by atoms with Gasteiger partial charge in [-0.3, -0.25) is 4.79 Å². The molecule has 1 N–H and O–H groups in total. The molecule has 162 valence electrons. The molecule has 1 aromatic heterocycles. The second kappa shape index (κ2) is 10.4. The number of hydrogen-bond acceptors (Lipinski definition) is 4. The molecule has 2 aromatic rings. The molecule has 1 amide bonds. The fourth-order valence-electron chi connectivity index (χ4n) is 3.40. The van der Waals surface area contributed by atoms with Gasteiger partial charge in [0.2, 0.25) is 5.91 Å². The maximum Gasteiger partial charge on any atom is 0.226 e. The third-order valence-corrected chi connectivity index (χ3v) is 5.91. The lowest BCUT2D eigenvalue weighted by molar-refractivity contribution is -0.131. The molecule has 0 aliphatic heterocycles. The topological polar surface area (TPSA) is 60.5 Å². The van der Waals surface area contributed by atoms with E-state index in [0.717, 1.165) is 37.2 Å². The highest BCUT2D eigenvalue weighted by atomic mass is 35.5. The second-order valence-electron chi connectivity index (χ2n) is 8.32. The van der Waals surface area contributed by atoms with Crippen molar-refractivity contribution in [1.82, 2.24) is 10.3 Å². The summed E-state index contributed by atoms with van der Waals surface area (Å²) in [5.74, 6) is 1.55. The standard InChI is InChI=1S/C23H28Cl2N2O3/c1-23(2,13-14-29-18-7-3-16(24)4-8-18)22(28)27-17-5-9-19(10-6-17)30-20-11-12-21(25)26-15-20/h3-4,7-8,11-12,15,17,19H,5-6,9-10,13-14H2,1-2H3,(H,27,28)/t17-,19-. The number of halogens is 2. The Balaban J connectivity index is 1.39. The lowest BCUT2D eigenvalue weighted by Crippen LogP contribution is -2.45. The van der Waals surface area contributed by atoms with E-state index in [2.05, 4.69) is 10.3 Å². The van der Waals surface area contributed by atoms with Crippen molar-refractivity contribution in [3.63, 3.8) is 0 Å². The molecule has 30 heavy (non-hydrogen) atoms. The first kappa shape index (κ1) is 22.7. The van der Waals surface area contributed by atoms with Crippen molar-refractivity contribution in [2.75, 3.05) is 6.61 Å². The summed E-state index contributed by atoms with van der Waals surface area (Å²) in [7, 11) is 0. The van der Waals surface area contributed by atoms with E-state index >= 15 is 0 Å². The van der Waals surface area contributed by atoms with Gasteiger partial charge in [-0.05, 0) is 68.5 Å². The van der Waals surface area contributed by atoms with Crippen LogP contribution in [0.1, 0.15) is 46.0 Å². The van der Waals surface area contributed by atoms with Crippen LogP contribution in [0.3, 0.4) is 0 Å². The SMILES string of the molecule is CC(C)(CCOc1ccc(Cl)cc1)C(=O)N[C@H]1CC[C@H](Oc2ccc(Cl)nc2)CC1. The van der Waals surface area contributed by atoms with Crippen LogP contribution in [-0.2, 0) is 4.79 Å². The number of amides is 1. The van der Waals surface area contributed by atoms with Crippen LogP contribution in [-0.4, -0.2) is 29.6 Å². The predicted octanol–water partition coefficient (Wildman–Crippen LogP) is 5.69. The van der Waals surface area contributed by atoms with Gasteiger partial charge in [0.05, 0.1) is 18.9 Å². The largest absolute Gasteiger partial charge is 0.494 e. The lowest BCUT2D eigenvalue weighted by atomic mass is 9.86. The van der Waals surface area contributed by atoms with Crippen LogP contribution in [0.25, 0.3) is 0 Å². The molecule has 0 saturated heterocycles. The van der Waals surface area contributed by atoms with Gasteiger partial charge in [-0.2, -0.15) is 0 Å². The van der Waals surface area contributed by atoms with Gasteiger partial charge in [0, 0.05) is 16.5 Å². The molecular weight excluding hydrogens is 423 g/mol. The zero-order valence-corrected chi connectivity index (χ0v) is 18.9. The first-order valence-corrected chi connectivity index (χ1v) is 11.0. The summed E-state index contributed by atoms with van der Waals surface area (Å²) in [6.07, 6.45) is 6.00. The van der Waals surface area contributed by atoms with Gasteiger partial charge in [-0.1, -0.05) is 37.0 Å². The van der Waals surface area contributed by atoms with Crippen LogP contribution in [0, 0.1) is 5.41 Å². The van der Waals surface area contributed by atoms with E-state index in [1.165, 1.54) is 0 Å². The van der Waals surface area contributed by atoms with Gasteiger partial charge in [0.25, 0.3) is 0 Å². The molecule has 5 nitrogen and oxygen atoms in total. The fraction of sp³-hybridized carbons (Fsp3) is 0.478. The van der Waals surface area contributed by atoms with Gasteiger partial charge < -0.3 is 14.8 Å². The first-order chi connectivity index (χ1) is 14.3. The molecule has 0 atom stereocenters. The van der Waals surface area contributed by atoms with E-state index < -0.39 is 5.41 Å². The quantitative estimate of drug-likeness (QED) is 0.524. The number of carbonyl (C=O) groups excluding carboxylic acids is 1. The summed E-state index contributed by atoms with van der Waals surface area (Å²) in [6, 6.07) is 11.0. The van der Waals surface area contributed by atoms with Crippen LogP contribution >= 0.6 is 23.2 Å². The second-order valence-corrected chi connectivity index (χ2v) is 9.14. The van der Waals surface area contributed by atoms with Gasteiger partial charge >= 0.3 is 0 Å². The van der Waals surface area contributed by atoms with Crippen LogP contribution in [0.4, 0.5) is 0 Å². The number of aromatic nitrogens is 1. The molecule has 0 bridgehead atoms. The number of rotatable bonds is 8. The number of benzene rings is 1. The van der Waals surface area contributed by atoms with Crippen LogP contribution < -0.4 is 14.8 Å². The van der Waals surface area contributed by atoms with Crippen molar-refractivity contribution < 1.29 is 14.3 Å². The van der Waals surface area contributed by atoms with Crippen molar-refractivity contribution in [3.05, 3.63) is 52.8 Å². The Bertz CT molecular complexity index is 817. The van der Waals surface area contributed by atoms with E-state index in [9.17, 15) is 4.79 Å². The molecule has 1 heterocycles. The molecule has 1 saturated carbocycles. The minimum atomic E-state index is -0.505. The monoisotopic (exact) mass is 450 g/mol. The molecule has 3 rings (SSSR count). The van der Waals surface area contributed by atoms with Crippen molar-refractivity contribution in [3.8, 4) is 11.5 Å². The van der Waals surface area contributed by atoms with Crippen LogP contribution in [0.15, 0.2) is 42.6 Å². The molecule has 1 aliphatic carbocycles. The highest BCUT2D eigenvalue weighted by Crippen LogP contribution is 2.27. The van der Waals surface area contributed by atoms with Gasteiger partial charge in [0.15, 0.2) is 0 Å². The van der Waals surface area contributed by atoms with Gasteiger partial charge in [-0.15, -0.1) is 0 Å². The van der Waals surface area contributed by atoms with Gasteiger partial charge in [-0.25, -0.2) is 4.98 Å². The first-order valence-electron chi connectivity index (χ1n) is 10.3. The van der Waals surface area contributed by atoms with Crippen LogP contribution in [0.5, 0.6) is 11.5 Å². The Morgan fingerprint density at radius 2 is 1.73 bits per heavy atom. The maximum absolute atomic E-state index is 12.8. The third-order valence-electron chi connectivity index (χ3n) is 5.44. The van der Waals surface area contributed by atoms with E-state index in [-0.39, 0.29) is 18.1 Å². The number of ether oxygens (including phenoxy) is 2. The Kier molecular flexibility index (Phi) is 7.84. The average Bonchev–Trinajstić information content (AvgIpc) is 2.72. The van der Waals surface area contributed by atoms with Crippen molar-refractivity contribution in [1.29, 1.82) is 0 Å². The summed E-state index contributed by atoms with van der Waals surface area (Å²) in [5.41, 5.74) is -0.505. The summed E-state index contributed by atoms with van der Waals surface area (Å²) >= 11 is 11.7. The smallest absolute Gasteiger partial charge is 0.226 e. The zero-order valence-electron chi connectivity index (χ0n) is 17.4. The van der Waals surface area contributed by atoms with Crippen LogP contribution in [0.2, 0.25) is 10.2 Å². The molecule has 1 fully saturated rings. The molecule has 0 spiro atoms. The Labute approximate surface area is 188 Å². The van der Waals surface area contributed by atoms with Crippen molar-refractivity contribution in [2.45, 2.75) is 58.1 Å². The van der Waals surface area contributed by atoms with E-state index in [0.29, 0.717) is 23.2 Å². The summed E-state index contributed by atoms with van der Waals surface area (Å²) in [5, 5.41) is 4.34. The number of pyridine rings is 1. The number of nitrogens with zero attached hydrogens (tertiary/aromatic N) is 1. The highest BCUT2D eigenvalue weighted by Gasteiger charge is 2.31. The summed E-state index contributed by atoms with van der Waals surface area (Å²) < 4.78 is 11.7. The summed E-state index contributed by atoms with van der Waals surface area (Å²) in [4.78, 5) is 16.8. The van der Waals surface area contributed by atoms with E-state index in [1.54, 1.807) is 24.4 Å². The molecular formula is C23H28Cl2N2O3. The highest BCUT2D eigenvalue weighted by molar-refractivity contribution is 6.30. The molecule has 1 aliphatic rings. The predicted molar refractivity (Wildman–Crippen MR) is 119 cm³/mol. The molecule has 0 radical (unpaired) electrons. The minimum Gasteiger partial charge on any atom is -0.494 e. The minimum absolute atomic E-state index is 0.0634. The Hall–Kier alpha value is -1.98. The van der Waals surface area contributed by atoms with Crippen molar-refractivity contribution >= 4 is 29.1 Å². The van der Waals surface area contributed by atoms with E-state index in [4.69, 9.17) is 32.7 Å². The number of nitrogens with one attached hydrogen (secondary N) is 1. The average molecular weight is 451 g/mol. The normalized spacial score (nSPS) is 19.2. The van der Waals surface area contributed by atoms with Gasteiger partial charge in [0.1, 0.15) is 16.7 Å².